The maximum atomic E-state index is 10.5. The maximum Gasteiger partial charge on any atom is 0.306 e. The number of rotatable bonds is 1. The normalized spacial score (nSPS) is 38.5. The smallest absolute Gasteiger partial charge is 0.306 e. The van der Waals surface area contributed by atoms with Crippen molar-refractivity contribution in [1.82, 2.24) is 0 Å². The Labute approximate surface area is 65.6 Å². The van der Waals surface area contributed by atoms with Gasteiger partial charge in [-0.2, -0.15) is 0 Å². The molecule has 0 saturated heterocycles. The number of hydrogen-bond acceptors (Lipinski definition) is 3. The third-order valence-electron chi connectivity index (χ3n) is 2.30. The van der Waals surface area contributed by atoms with E-state index in [1.165, 1.54) is 0 Å². The molecule has 1 aliphatic carbocycles. The SMILES string of the molecule is N[C@@H]1CC(C(=O)O)CC[C@@H]1N. The van der Waals surface area contributed by atoms with Crippen LogP contribution in [0.4, 0.5) is 0 Å². The fourth-order valence-electron chi connectivity index (χ4n) is 1.45. The summed E-state index contributed by atoms with van der Waals surface area (Å²) in [4.78, 5) is 10.5. The highest BCUT2D eigenvalue weighted by Gasteiger charge is 2.29. The van der Waals surface area contributed by atoms with Gasteiger partial charge in [0.05, 0.1) is 5.92 Å². The van der Waals surface area contributed by atoms with Gasteiger partial charge in [-0.15, -0.1) is 0 Å². The molecule has 0 amide bonds. The Hall–Kier alpha value is -0.610. The van der Waals surface area contributed by atoms with Gasteiger partial charge < -0.3 is 16.6 Å². The molecule has 1 aliphatic rings. The van der Waals surface area contributed by atoms with Gasteiger partial charge in [0.15, 0.2) is 0 Å². The Kier molecular flexibility index (Phi) is 2.46. The van der Waals surface area contributed by atoms with Crippen molar-refractivity contribution in [3.63, 3.8) is 0 Å². The monoisotopic (exact) mass is 158 g/mol. The second-order valence-electron chi connectivity index (χ2n) is 3.18. The minimum atomic E-state index is -0.743. The fraction of sp³-hybridized carbons (Fsp3) is 0.857. The van der Waals surface area contributed by atoms with Crippen molar-refractivity contribution >= 4 is 5.97 Å². The summed E-state index contributed by atoms with van der Waals surface area (Å²) in [5, 5.41) is 8.65. The third-order valence-corrected chi connectivity index (χ3v) is 2.30. The van der Waals surface area contributed by atoms with E-state index in [2.05, 4.69) is 0 Å². The van der Waals surface area contributed by atoms with Crippen LogP contribution in [-0.4, -0.2) is 23.2 Å². The molecule has 1 unspecified atom stereocenters. The van der Waals surface area contributed by atoms with E-state index in [4.69, 9.17) is 16.6 Å². The van der Waals surface area contributed by atoms with Crippen molar-refractivity contribution in [2.75, 3.05) is 0 Å². The van der Waals surface area contributed by atoms with Gasteiger partial charge in [-0.25, -0.2) is 0 Å². The minimum absolute atomic E-state index is 0.00870. The summed E-state index contributed by atoms with van der Waals surface area (Å²) in [5.74, 6) is -1.02. The van der Waals surface area contributed by atoms with Gasteiger partial charge in [0, 0.05) is 12.1 Å². The number of carboxylic acids is 1. The van der Waals surface area contributed by atoms with E-state index in [-0.39, 0.29) is 18.0 Å². The predicted octanol–water partition coefficient (Wildman–Crippen LogP) is -0.474. The summed E-state index contributed by atoms with van der Waals surface area (Å²) in [6.07, 6.45) is 1.93. The standard InChI is InChI=1S/C7H14N2O2/c8-5-2-1-4(7(10)11)3-6(5)9/h4-6H,1-3,8-9H2,(H,10,11)/t4?,5-,6+/m0/s1. The Bertz CT molecular complexity index is 161. The van der Waals surface area contributed by atoms with Crippen molar-refractivity contribution in [2.24, 2.45) is 17.4 Å². The van der Waals surface area contributed by atoms with Crippen LogP contribution in [0.15, 0.2) is 0 Å². The zero-order chi connectivity index (χ0) is 8.43. The largest absolute Gasteiger partial charge is 0.481 e. The van der Waals surface area contributed by atoms with Crippen LogP contribution < -0.4 is 11.5 Å². The lowest BCUT2D eigenvalue weighted by atomic mass is 9.83. The quantitative estimate of drug-likeness (QED) is 0.481. The van der Waals surface area contributed by atoms with Crippen molar-refractivity contribution < 1.29 is 9.90 Å². The van der Waals surface area contributed by atoms with Crippen molar-refractivity contribution in [3.8, 4) is 0 Å². The lowest BCUT2D eigenvalue weighted by Crippen LogP contribution is -2.47. The molecule has 3 atom stereocenters. The van der Waals surface area contributed by atoms with Crippen LogP contribution in [0.3, 0.4) is 0 Å². The van der Waals surface area contributed by atoms with E-state index >= 15 is 0 Å². The summed E-state index contributed by atoms with van der Waals surface area (Å²) in [7, 11) is 0. The minimum Gasteiger partial charge on any atom is -0.481 e. The number of carboxylic acid groups (broad SMARTS) is 1. The second kappa shape index (κ2) is 3.19. The Morgan fingerprint density at radius 2 is 1.91 bits per heavy atom. The van der Waals surface area contributed by atoms with Crippen LogP contribution in [0.25, 0.3) is 0 Å². The Morgan fingerprint density at radius 1 is 1.27 bits per heavy atom. The van der Waals surface area contributed by atoms with Gasteiger partial charge in [-0.1, -0.05) is 0 Å². The molecule has 0 aromatic rings. The summed E-state index contributed by atoms with van der Waals surface area (Å²) in [6, 6.07) is -0.143. The van der Waals surface area contributed by atoms with E-state index < -0.39 is 5.97 Å². The van der Waals surface area contributed by atoms with Gasteiger partial charge >= 0.3 is 5.97 Å². The van der Waals surface area contributed by atoms with Crippen LogP contribution in [0.5, 0.6) is 0 Å². The number of nitrogens with two attached hydrogens (primary N) is 2. The summed E-state index contributed by atoms with van der Waals surface area (Å²) < 4.78 is 0. The molecule has 0 aromatic carbocycles. The first kappa shape index (κ1) is 8.49. The highest BCUT2D eigenvalue weighted by Crippen LogP contribution is 2.22. The van der Waals surface area contributed by atoms with Crippen molar-refractivity contribution in [1.29, 1.82) is 0 Å². The van der Waals surface area contributed by atoms with Gasteiger partial charge in [-0.3, -0.25) is 4.79 Å². The van der Waals surface area contributed by atoms with E-state index in [1.54, 1.807) is 0 Å². The van der Waals surface area contributed by atoms with E-state index in [1.807, 2.05) is 0 Å². The van der Waals surface area contributed by atoms with Crippen LogP contribution in [0.2, 0.25) is 0 Å². The molecule has 0 aromatic heterocycles. The molecule has 1 saturated carbocycles. The molecule has 4 nitrogen and oxygen atoms in total. The topological polar surface area (TPSA) is 89.3 Å². The Balaban J connectivity index is 2.46. The van der Waals surface area contributed by atoms with Gasteiger partial charge in [0.2, 0.25) is 0 Å². The first-order chi connectivity index (χ1) is 5.11. The fourth-order valence-corrected chi connectivity index (χ4v) is 1.45. The number of aliphatic carboxylic acids is 1. The molecule has 0 bridgehead atoms. The zero-order valence-electron chi connectivity index (χ0n) is 6.36. The highest BCUT2D eigenvalue weighted by molar-refractivity contribution is 5.70. The predicted molar refractivity (Wildman–Crippen MR) is 40.9 cm³/mol. The van der Waals surface area contributed by atoms with Crippen LogP contribution in [0, 0.1) is 5.92 Å². The number of carbonyl (C=O) groups is 1. The summed E-state index contributed by atoms with van der Waals surface area (Å²) >= 11 is 0. The van der Waals surface area contributed by atoms with Gasteiger partial charge in [0.25, 0.3) is 0 Å². The molecular formula is C7H14N2O2. The van der Waals surface area contributed by atoms with Crippen LogP contribution >= 0.6 is 0 Å². The highest BCUT2D eigenvalue weighted by atomic mass is 16.4. The molecule has 0 spiro atoms. The van der Waals surface area contributed by atoms with Crippen LogP contribution in [0.1, 0.15) is 19.3 Å². The maximum absolute atomic E-state index is 10.5. The molecule has 0 aliphatic heterocycles. The third kappa shape index (κ3) is 1.91. The van der Waals surface area contributed by atoms with E-state index in [0.717, 1.165) is 6.42 Å². The lowest BCUT2D eigenvalue weighted by molar-refractivity contribution is -0.143. The molecule has 4 heteroatoms. The molecule has 0 radical (unpaired) electrons. The average molecular weight is 158 g/mol. The average Bonchev–Trinajstić information content (AvgIpc) is 1.94. The summed E-state index contributed by atoms with van der Waals surface area (Å²) in [5.41, 5.74) is 11.2. The first-order valence-corrected chi connectivity index (χ1v) is 3.85. The molecule has 1 rings (SSSR count). The molecule has 1 fully saturated rings. The van der Waals surface area contributed by atoms with E-state index in [0.29, 0.717) is 12.8 Å². The zero-order valence-corrected chi connectivity index (χ0v) is 6.36. The molecule has 0 heterocycles. The van der Waals surface area contributed by atoms with Gasteiger partial charge in [0.1, 0.15) is 0 Å². The second-order valence-corrected chi connectivity index (χ2v) is 3.18. The molecule has 11 heavy (non-hydrogen) atoms. The van der Waals surface area contributed by atoms with Gasteiger partial charge in [-0.05, 0) is 19.3 Å². The Morgan fingerprint density at radius 3 is 2.36 bits per heavy atom. The summed E-state index contributed by atoms with van der Waals surface area (Å²) in [6.45, 7) is 0. The number of hydrogen-bond donors (Lipinski definition) is 3. The van der Waals surface area contributed by atoms with E-state index in [9.17, 15) is 4.79 Å². The van der Waals surface area contributed by atoms with Crippen molar-refractivity contribution in [2.45, 2.75) is 31.3 Å². The first-order valence-electron chi connectivity index (χ1n) is 3.85. The molecule has 64 valence electrons. The molecule has 5 N–H and O–H groups in total. The van der Waals surface area contributed by atoms with Crippen molar-refractivity contribution in [3.05, 3.63) is 0 Å². The van der Waals surface area contributed by atoms with Crippen LogP contribution in [-0.2, 0) is 4.79 Å². The molecular weight excluding hydrogens is 144 g/mol. The lowest BCUT2D eigenvalue weighted by Gasteiger charge is -2.29.